The molecule has 0 bridgehead atoms. The average Bonchev–Trinajstić information content (AvgIpc) is 2.49. The van der Waals surface area contributed by atoms with Crippen molar-refractivity contribution in [1.82, 2.24) is 4.31 Å². The van der Waals surface area contributed by atoms with Crippen LogP contribution in [0.2, 0.25) is 0 Å². The molecule has 1 aromatic carbocycles. The van der Waals surface area contributed by atoms with Gasteiger partial charge in [-0.2, -0.15) is 0 Å². The van der Waals surface area contributed by atoms with Gasteiger partial charge in [0.1, 0.15) is 0 Å². The molecule has 0 heterocycles. The van der Waals surface area contributed by atoms with E-state index in [9.17, 15) is 8.42 Å². The lowest BCUT2D eigenvalue weighted by Gasteiger charge is -2.22. The van der Waals surface area contributed by atoms with Crippen molar-refractivity contribution in [2.24, 2.45) is 0 Å². The van der Waals surface area contributed by atoms with Gasteiger partial charge < -0.3 is 0 Å². The van der Waals surface area contributed by atoms with Crippen LogP contribution >= 0.6 is 0 Å². The summed E-state index contributed by atoms with van der Waals surface area (Å²) in [6, 6.07) is 6.94. The molecule has 0 saturated heterocycles. The lowest BCUT2D eigenvalue weighted by molar-refractivity contribution is 0.495. The van der Waals surface area contributed by atoms with E-state index in [1.807, 2.05) is 19.1 Å². The Morgan fingerprint density at radius 1 is 1.24 bits per heavy atom. The quantitative estimate of drug-likeness (QED) is 0.744. The molecule has 114 valence electrons. The Balaban J connectivity index is 2.10. The third-order valence-electron chi connectivity index (χ3n) is 3.87. The molecule has 3 nitrogen and oxygen atoms in total. The standard InChI is InChI=1S/C17H23NO2S/c1-3-18(14-13-16-7-5-4-6-8-16)21(19,20)17-11-9-15(2)10-12-17/h3,7,9-12H,1,4-6,8,13-14H2,2H3. The van der Waals surface area contributed by atoms with Gasteiger partial charge in [0.15, 0.2) is 0 Å². The van der Waals surface area contributed by atoms with Crippen LogP contribution in [0.25, 0.3) is 0 Å². The largest absolute Gasteiger partial charge is 0.274 e. The highest BCUT2D eigenvalue weighted by atomic mass is 32.2. The first-order valence-electron chi connectivity index (χ1n) is 7.43. The molecule has 0 spiro atoms. The summed E-state index contributed by atoms with van der Waals surface area (Å²) in [5.41, 5.74) is 2.42. The zero-order chi connectivity index (χ0) is 15.3. The Hall–Kier alpha value is -1.55. The number of hydrogen-bond donors (Lipinski definition) is 0. The van der Waals surface area contributed by atoms with Gasteiger partial charge in [0.2, 0.25) is 0 Å². The molecule has 2 rings (SSSR count). The molecular formula is C17H23NO2S. The minimum Gasteiger partial charge on any atom is -0.274 e. The molecule has 0 aliphatic heterocycles. The zero-order valence-electron chi connectivity index (χ0n) is 12.6. The summed E-state index contributed by atoms with van der Waals surface area (Å²) in [5, 5.41) is 0. The third-order valence-corrected chi connectivity index (χ3v) is 5.69. The molecule has 21 heavy (non-hydrogen) atoms. The maximum absolute atomic E-state index is 12.6. The van der Waals surface area contributed by atoms with Crippen LogP contribution in [0.1, 0.15) is 37.7 Å². The lowest BCUT2D eigenvalue weighted by atomic mass is 9.97. The minimum absolute atomic E-state index is 0.325. The van der Waals surface area contributed by atoms with E-state index in [0.717, 1.165) is 24.8 Å². The fraction of sp³-hybridized carbons (Fsp3) is 0.412. The maximum Gasteiger partial charge on any atom is 0.263 e. The van der Waals surface area contributed by atoms with Crippen molar-refractivity contribution < 1.29 is 8.42 Å². The fourth-order valence-corrected chi connectivity index (χ4v) is 3.82. The van der Waals surface area contributed by atoms with Gasteiger partial charge in [-0.05, 0) is 51.2 Å². The maximum atomic E-state index is 12.6. The minimum atomic E-state index is -3.48. The fourth-order valence-electron chi connectivity index (χ4n) is 2.54. The highest BCUT2D eigenvalue weighted by Crippen LogP contribution is 2.22. The Kier molecular flexibility index (Phi) is 5.23. The molecule has 0 fully saturated rings. The number of allylic oxidation sites excluding steroid dienone is 1. The van der Waals surface area contributed by atoms with Gasteiger partial charge in [0, 0.05) is 12.7 Å². The predicted molar refractivity (Wildman–Crippen MR) is 86.4 cm³/mol. The monoisotopic (exact) mass is 305 g/mol. The molecule has 1 aliphatic rings. The number of sulfonamides is 1. The summed E-state index contributed by atoms with van der Waals surface area (Å²) >= 11 is 0. The Morgan fingerprint density at radius 2 is 1.95 bits per heavy atom. The van der Waals surface area contributed by atoms with Crippen LogP contribution in [-0.4, -0.2) is 19.3 Å². The topological polar surface area (TPSA) is 37.4 Å². The molecule has 1 aliphatic carbocycles. The SMILES string of the molecule is C=CN(CCC1=CCCCC1)S(=O)(=O)c1ccc(C)cc1. The molecule has 0 atom stereocenters. The number of aryl methyl sites for hydroxylation is 1. The lowest BCUT2D eigenvalue weighted by Crippen LogP contribution is -2.27. The second-order valence-corrected chi connectivity index (χ2v) is 7.36. The van der Waals surface area contributed by atoms with Crippen LogP contribution in [-0.2, 0) is 10.0 Å². The van der Waals surface area contributed by atoms with E-state index < -0.39 is 10.0 Å². The first kappa shape index (κ1) is 15.8. The second kappa shape index (κ2) is 6.94. The smallest absolute Gasteiger partial charge is 0.263 e. The molecular weight excluding hydrogens is 282 g/mol. The van der Waals surface area contributed by atoms with Gasteiger partial charge in [-0.15, -0.1) is 0 Å². The number of benzene rings is 1. The van der Waals surface area contributed by atoms with Crippen molar-refractivity contribution in [3.8, 4) is 0 Å². The first-order valence-corrected chi connectivity index (χ1v) is 8.87. The summed E-state index contributed by atoms with van der Waals surface area (Å²) in [7, 11) is -3.48. The summed E-state index contributed by atoms with van der Waals surface area (Å²) in [6.07, 6.45) is 9.13. The van der Waals surface area contributed by atoms with Gasteiger partial charge in [-0.3, -0.25) is 4.31 Å². The highest BCUT2D eigenvalue weighted by Gasteiger charge is 2.21. The zero-order valence-corrected chi connectivity index (χ0v) is 13.4. The van der Waals surface area contributed by atoms with E-state index in [1.165, 1.54) is 28.9 Å². The Morgan fingerprint density at radius 3 is 2.52 bits per heavy atom. The van der Waals surface area contributed by atoms with Crippen LogP contribution in [0.15, 0.2) is 53.6 Å². The van der Waals surface area contributed by atoms with Gasteiger partial charge in [-0.1, -0.05) is 35.9 Å². The van der Waals surface area contributed by atoms with E-state index in [2.05, 4.69) is 12.7 Å². The third kappa shape index (κ3) is 3.97. The normalized spacial score (nSPS) is 15.4. The predicted octanol–water partition coefficient (Wildman–Crippen LogP) is 4.02. The molecule has 0 aromatic heterocycles. The van der Waals surface area contributed by atoms with Crippen molar-refractivity contribution >= 4 is 10.0 Å². The second-order valence-electron chi connectivity index (χ2n) is 5.47. The highest BCUT2D eigenvalue weighted by molar-refractivity contribution is 7.89. The van der Waals surface area contributed by atoms with E-state index in [1.54, 1.807) is 12.1 Å². The van der Waals surface area contributed by atoms with Crippen molar-refractivity contribution in [2.45, 2.75) is 43.9 Å². The first-order chi connectivity index (χ1) is 10.0. The van der Waals surface area contributed by atoms with Crippen molar-refractivity contribution in [1.29, 1.82) is 0 Å². The van der Waals surface area contributed by atoms with Crippen LogP contribution in [0.5, 0.6) is 0 Å². The number of rotatable bonds is 6. The van der Waals surface area contributed by atoms with Gasteiger partial charge >= 0.3 is 0 Å². The number of nitrogens with zero attached hydrogens (tertiary/aromatic N) is 1. The molecule has 1 aromatic rings. The summed E-state index contributed by atoms with van der Waals surface area (Å²) in [4.78, 5) is 0.325. The van der Waals surface area contributed by atoms with Crippen LogP contribution in [0.4, 0.5) is 0 Å². The van der Waals surface area contributed by atoms with E-state index in [-0.39, 0.29) is 0 Å². The van der Waals surface area contributed by atoms with E-state index in [4.69, 9.17) is 0 Å². The van der Waals surface area contributed by atoms with Gasteiger partial charge in [0.05, 0.1) is 4.90 Å². The Labute approximate surface area is 128 Å². The van der Waals surface area contributed by atoms with E-state index in [0.29, 0.717) is 11.4 Å². The van der Waals surface area contributed by atoms with Gasteiger partial charge in [-0.25, -0.2) is 8.42 Å². The van der Waals surface area contributed by atoms with E-state index >= 15 is 0 Å². The number of hydrogen-bond acceptors (Lipinski definition) is 2. The van der Waals surface area contributed by atoms with Crippen LogP contribution in [0.3, 0.4) is 0 Å². The molecule has 0 radical (unpaired) electrons. The van der Waals surface area contributed by atoms with Crippen LogP contribution < -0.4 is 0 Å². The summed E-state index contributed by atoms with van der Waals surface area (Å²) < 4.78 is 26.5. The molecule has 0 N–H and O–H groups in total. The Bertz CT molecular complexity index is 615. The summed E-state index contributed by atoms with van der Waals surface area (Å²) in [6.45, 7) is 6.07. The van der Waals surface area contributed by atoms with Crippen molar-refractivity contribution in [3.63, 3.8) is 0 Å². The molecule has 4 heteroatoms. The van der Waals surface area contributed by atoms with Crippen molar-refractivity contribution in [2.75, 3.05) is 6.54 Å². The molecule has 0 amide bonds. The molecule has 0 saturated carbocycles. The van der Waals surface area contributed by atoms with Gasteiger partial charge in [0.25, 0.3) is 10.0 Å². The summed E-state index contributed by atoms with van der Waals surface area (Å²) in [5.74, 6) is 0. The molecule has 0 unspecified atom stereocenters. The average molecular weight is 305 g/mol. The van der Waals surface area contributed by atoms with Crippen molar-refractivity contribution in [3.05, 3.63) is 54.3 Å². The van der Waals surface area contributed by atoms with Crippen LogP contribution in [0, 0.1) is 6.92 Å².